The van der Waals surface area contributed by atoms with Crippen molar-refractivity contribution in [3.63, 3.8) is 0 Å². The van der Waals surface area contributed by atoms with Gasteiger partial charge in [0.25, 0.3) is 0 Å². The zero-order valence-corrected chi connectivity index (χ0v) is 12.3. The average Bonchev–Trinajstić information content (AvgIpc) is 2.46. The Kier molecular flexibility index (Phi) is 4.75. The summed E-state index contributed by atoms with van der Waals surface area (Å²) >= 11 is 0. The molecule has 1 unspecified atom stereocenters. The topological polar surface area (TPSA) is 57.4 Å². The van der Waals surface area contributed by atoms with E-state index in [9.17, 15) is 4.39 Å². The van der Waals surface area contributed by atoms with Crippen LogP contribution in [0, 0.1) is 5.82 Å². The van der Waals surface area contributed by atoms with Crippen LogP contribution in [0.1, 0.15) is 31.0 Å². The molecule has 0 saturated carbocycles. The van der Waals surface area contributed by atoms with Crippen LogP contribution in [-0.4, -0.2) is 18.2 Å². The minimum absolute atomic E-state index is 0.0380. The summed E-state index contributed by atoms with van der Waals surface area (Å²) in [5, 5.41) is 0. The van der Waals surface area contributed by atoms with Crippen LogP contribution in [0.25, 0.3) is 0 Å². The molecule has 0 aliphatic heterocycles. The molecule has 0 spiro atoms. The fourth-order valence-electron chi connectivity index (χ4n) is 2.01. The van der Waals surface area contributed by atoms with Crippen LogP contribution >= 0.6 is 0 Å². The van der Waals surface area contributed by atoms with Crippen LogP contribution < -0.4 is 15.2 Å². The Balaban J connectivity index is 2.29. The highest BCUT2D eigenvalue weighted by Crippen LogP contribution is 2.26. The molecule has 112 valence electrons. The van der Waals surface area contributed by atoms with Crippen molar-refractivity contribution in [2.24, 2.45) is 5.73 Å². The Hall–Kier alpha value is -2.14. The molecular weight excluding hydrogens is 271 g/mol. The Bertz CT molecular complexity index is 617. The lowest BCUT2D eigenvalue weighted by Gasteiger charge is -2.16. The second-order valence-electron chi connectivity index (χ2n) is 4.99. The SMILES string of the molecule is COc1ccc(C(N)c2cncc(OC(C)C)c2)c(F)c1. The van der Waals surface area contributed by atoms with Gasteiger partial charge in [-0.25, -0.2) is 4.39 Å². The van der Waals surface area contributed by atoms with Crippen LogP contribution in [0.2, 0.25) is 0 Å². The molecule has 1 heterocycles. The number of nitrogens with two attached hydrogens (primary N) is 1. The number of benzene rings is 1. The lowest BCUT2D eigenvalue weighted by Crippen LogP contribution is -2.14. The maximum absolute atomic E-state index is 14.1. The third kappa shape index (κ3) is 3.70. The smallest absolute Gasteiger partial charge is 0.138 e. The van der Waals surface area contributed by atoms with Gasteiger partial charge in [-0.2, -0.15) is 0 Å². The van der Waals surface area contributed by atoms with Gasteiger partial charge in [0.2, 0.25) is 0 Å². The Morgan fingerprint density at radius 1 is 1.14 bits per heavy atom. The highest BCUT2D eigenvalue weighted by molar-refractivity contribution is 5.37. The van der Waals surface area contributed by atoms with Gasteiger partial charge in [0.1, 0.15) is 17.3 Å². The fourth-order valence-corrected chi connectivity index (χ4v) is 2.01. The number of ether oxygens (including phenoxy) is 2. The summed E-state index contributed by atoms with van der Waals surface area (Å²) in [5.74, 6) is 0.669. The summed E-state index contributed by atoms with van der Waals surface area (Å²) < 4.78 is 24.6. The predicted molar refractivity (Wildman–Crippen MR) is 79.0 cm³/mol. The molecule has 5 heteroatoms. The van der Waals surface area contributed by atoms with Crippen LogP contribution in [0.15, 0.2) is 36.7 Å². The highest BCUT2D eigenvalue weighted by Gasteiger charge is 2.15. The lowest BCUT2D eigenvalue weighted by atomic mass is 10.0. The van der Waals surface area contributed by atoms with Crippen molar-refractivity contribution in [3.05, 3.63) is 53.6 Å². The first-order chi connectivity index (χ1) is 10.0. The van der Waals surface area contributed by atoms with E-state index in [0.29, 0.717) is 22.6 Å². The summed E-state index contributed by atoms with van der Waals surface area (Å²) in [6.07, 6.45) is 3.26. The van der Waals surface area contributed by atoms with Crippen LogP contribution in [0.3, 0.4) is 0 Å². The molecular formula is C16H19FN2O2. The number of halogens is 1. The quantitative estimate of drug-likeness (QED) is 0.919. The van der Waals surface area contributed by atoms with E-state index in [1.165, 1.54) is 13.2 Å². The molecule has 4 nitrogen and oxygen atoms in total. The van der Waals surface area contributed by atoms with Gasteiger partial charge < -0.3 is 15.2 Å². The molecule has 2 N–H and O–H groups in total. The predicted octanol–water partition coefficient (Wildman–Crippen LogP) is 3.06. The van der Waals surface area contributed by atoms with E-state index in [2.05, 4.69) is 4.98 Å². The van der Waals surface area contributed by atoms with Crippen LogP contribution in [0.5, 0.6) is 11.5 Å². The van der Waals surface area contributed by atoms with Gasteiger partial charge >= 0.3 is 0 Å². The number of rotatable bonds is 5. The van der Waals surface area contributed by atoms with E-state index in [1.54, 1.807) is 30.6 Å². The monoisotopic (exact) mass is 290 g/mol. The van der Waals surface area contributed by atoms with Gasteiger partial charge in [-0.1, -0.05) is 6.07 Å². The number of hydrogen-bond donors (Lipinski definition) is 1. The second-order valence-corrected chi connectivity index (χ2v) is 4.99. The molecule has 0 saturated heterocycles. The zero-order chi connectivity index (χ0) is 15.4. The Morgan fingerprint density at radius 2 is 1.90 bits per heavy atom. The van der Waals surface area contributed by atoms with Crippen molar-refractivity contribution < 1.29 is 13.9 Å². The van der Waals surface area contributed by atoms with E-state index in [0.717, 1.165) is 0 Å². The largest absolute Gasteiger partial charge is 0.497 e. The summed E-state index contributed by atoms with van der Waals surface area (Å²) in [4.78, 5) is 4.10. The number of aromatic nitrogens is 1. The maximum atomic E-state index is 14.1. The van der Waals surface area contributed by atoms with Crippen molar-refractivity contribution in [2.75, 3.05) is 7.11 Å². The molecule has 0 fully saturated rings. The molecule has 1 aromatic carbocycles. The number of hydrogen-bond acceptors (Lipinski definition) is 4. The first-order valence-corrected chi connectivity index (χ1v) is 6.72. The van der Waals surface area contributed by atoms with Crippen molar-refractivity contribution in [1.29, 1.82) is 0 Å². The third-order valence-corrected chi connectivity index (χ3v) is 3.01. The van der Waals surface area contributed by atoms with Crippen molar-refractivity contribution in [3.8, 4) is 11.5 Å². The molecule has 1 aromatic heterocycles. The summed E-state index contributed by atoms with van der Waals surface area (Å²) in [6.45, 7) is 3.85. The molecule has 21 heavy (non-hydrogen) atoms. The van der Waals surface area contributed by atoms with Gasteiger partial charge in [-0.15, -0.1) is 0 Å². The van der Waals surface area contributed by atoms with Gasteiger partial charge in [-0.05, 0) is 31.5 Å². The molecule has 0 aliphatic carbocycles. The summed E-state index contributed by atoms with van der Waals surface area (Å²) in [7, 11) is 1.49. The molecule has 2 aromatic rings. The van der Waals surface area contributed by atoms with Crippen molar-refractivity contribution >= 4 is 0 Å². The zero-order valence-electron chi connectivity index (χ0n) is 12.3. The lowest BCUT2D eigenvalue weighted by molar-refractivity contribution is 0.241. The van der Waals surface area contributed by atoms with Crippen LogP contribution in [0.4, 0.5) is 4.39 Å². The Labute approximate surface area is 123 Å². The van der Waals surface area contributed by atoms with E-state index in [1.807, 2.05) is 13.8 Å². The maximum Gasteiger partial charge on any atom is 0.138 e. The first-order valence-electron chi connectivity index (χ1n) is 6.72. The van der Waals surface area contributed by atoms with Gasteiger partial charge in [0, 0.05) is 17.8 Å². The molecule has 0 aliphatic rings. The minimum atomic E-state index is -0.612. The van der Waals surface area contributed by atoms with Crippen molar-refractivity contribution in [1.82, 2.24) is 4.98 Å². The second kappa shape index (κ2) is 6.54. The summed E-state index contributed by atoms with van der Waals surface area (Å²) in [6, 6.07) is 5.78. The number of methoxy groups -OCH3 is 1. The highest BCUT2D eigenvalue weighted by atomic mass is 19.1. The van der Waals surface area contributed by atoms with Gasteiger partial charge in [0.05, 0.1) is 25.5 Å². The van der Waals surface area contributed by atoms with Crippen molar-refractivity contribution in [2.45, 2.75) is 26.0 Å². The summed E-state index contributed by atoms with van der Waals surface area (Å²) in [5.41, 5.74) is 7.21. The average molecular weight is 290 g/mol. The molecule has 0 bridgehead atoms. The molecule has 0 amide bonds. The third-order valence-electron chi connectivity index (χ3n) is 3.01. The fraction of sp³-hybridized carbons (Fsp3) is 0.312. The molecule has 0 radical (unpaired) electrons. The van der Waals surface area contributed by atoms with Gasteiger partial charge in [0.15, 0.2) is 0 Å². The van der Waals surface area contributed by atoms with E-state index >= 15 is 0 Å². The number of nitrogens with zero attached hydrogens (tertiary/aromatic N) is 1. The van der Waals surface area contributed by atoms with Crippen LogP contribution in [-0.2, 0) is 0 Å². The first kappa shape index (κ1) is 15.3. The van der Waals surface area contributed by atoms with Gasteiger partial charge in [-0.3, -0.25) is 4.98 Å². The minimum Gasteiger partial charge on any atom is -0.497 e. The Morgan fingerprint density at radius 3 is 2.52 bits per heavy atom. The van der Waals surface area contributed by atoms with E-state index < -0.39 is 11.9 Å². The number of pyridine rings is 1. The molecule has 1 atom stereocenters. The van der Waals surface area contributed by atoms with E-state index in [4.69, 9.17) is 15.2 Å². The molecule has 2 rings (SSSR count). The van der Waals surface area contributed by atoms with E-state index in [-0.39, 0.29) is 6.10 Å². The normalized spacial score (nSPS) is 12.3. The standard InChI is InChI=1S/C16H19FN2O2/c1-10(2)21-13-6-11(8-19-9-13)16(18)14-5-4-12(20-3)7-15(14)17/h4-10,16H,18H2,1-3H3.